The molecule has 2 N–H and O–H groups in total. The zero-order valence-electron chi connectivity index (χ0n) is 11.9. The van der Waals surface area contributed by atoms with Crippen molar-refractivity contribution < 1.29 is 8.78 Å². The zero-order chi connectivity index (χ0) is 15.9. The molecule has 22 heavy (non-hydrogen) atoms. The third kappa shape index (κ3) is 2.46. The number of nitrogens with two attached hydrogens (primary N) is 1. The Bertz CT molecular complexity index is 738. The molecule has 3 nitrogen and oxygen atoms in total. The Balaban J connectivity index is 2.25. The van der Waals surface area contributed by atoms with Gasteiger partial charge in [-0.2, -0.15) is 0 Å². The fourth-order valence-corrected chi connectivity index (χ4v) is 2.96. The fraction of sp³-hybridized carbons (Fsp3) is 0.188. The second-order valence-corrected chi connectivity index (χ2v) is 5.68. The summed E-state index contributed by atoms with van der Waals surface area (Å²) >= 11 is 5.72. The molecule has 1 aromatic heterocycles. The van der Waals surface area contributed by atoms with Crippen molar-refractivity contribution in [1.82, 2.24) is 9.88 Å². The van der Waals surface area contributed by atoms with Crippen LogP contribution in [0.1, 0.15) is 22.7 Å². The van der Waals surface area contributed by atoms with Crippen molar-refractivity contribution in [2.24, 2.45) is 5.73 Å². The van der Waals surface area contributed by atoms with Gasteiger partial charge in [0.2, 0.25) is 0 Å². The Morgan fingerprint density at radius 1 is 1.32 bits per heavy atom. The highest BCUT2D eigenvalue weighted by molar-refractivity contribution is 6.30. The van der Waals surface area contributed by atoms with Crippen LogP contribution in [0.15, 0.2) is 36.7 Å². The number of likely N-dealkylation sites (N-methyl/N-ethyl adjacent to an activating group) is 1. The van der Waals surface area contributed by atoms with E-state index < -0.39 is 17.7 Å². The Labute approximate surface area is 132 Å². The van der Waals surface area contributed by atoms with Gasteiger partial charge in [-0.05, 0) is 36.9 Å². The van der Waals surface area contributed by atoms with Crippen LogP contribution in [-0.2, 0) is 0 Å². The predicted molar refractivity (Wildman–Crippen MR) is 82.2 cm³/mol. The number of fused-ring (bicyclic) bond motifs is 1. The Morgan fingerprint density at radius 2 is 2.00 bits per heavy atom. The molecule has 0 aliphatic carbocycles. The van der Waals surface area contributed by atoms with E-state index in [0.717, 1.165) is 12.1 Å². The summed E-state index contributed by atoms with van der Waals surface area (Å²) in [5, 5.41) is 0.0302. The van der Waals surface area contributed by atoms with Gasteiger partial charge in [0, 0.05) is 40.8 Å². The monoisotopic (exact) mass is 321 g/mol. The largest absolute Gasteiger partial charge is 0.398 e. The molecule has 3 rings (SSSR count). The first kappa shape index (κ1) is 14.9. The van der Waals surface area contributed by atoms with Crippen molar-refractivity contribution in [3.8, 4) is 0 Å². The predicted octanol–water partition coefficient (Wildman–Crippen LogP) is 3.35. The fourth-order valence-electron chi connectivity index (χ4n) is 2.77. The summed E-state index contributed by atoms with van der Waals surface area (Å²) in [5.41, 5.74) is 7.94. The summed E-state index contributed by atoms with van der Waals surface area (Å²) in [6.07, 6.45) is 5.01. The number of rotatable bonds is 1. The highest BCUT2D eigenvalue weighted by Crippen LogP contribution is 2.37. The van der Waals surface area contributed by atoms with E-state index in [1.807, 2.05) is 11.0 Å². The normalized spacial score (nSPS) is 18.5. The lowest BCUT2D eigenvalue weighted by Crippen LogP contribution is -2.27. The van der Waals surface area contributed by atoms with Crippen LogP contribution in [-0.4, -0.2) is 23.5 Å². The molecule has 0 amide bonds. The molecule has 6 heteroatoms. The molecule has 0 saturated heterocycles. The van der Waals surface area contributed by atoms with Gasteiger partial charge in [-0.1, -0.05) is 11.6 Å². The second-order valence-electron chi connectivity index (χ2n) is 5.25. The van der Waals surface area contributed by atoms with E-state index in [-0.39, 0.29) is 10.6 Å². The van der Waals surface area contributed by atoms with E-state index in [9.17, 15) is 8.78 Å². The molecule has 1 aliphatic heterocycles. The lowest BCUT2D eigenvalue weighted by atomic mass is 9.94. The number of hydrogen-bond donors (Lipinski definition) is 1. The third-order valence-corrected chi connectivity index (χ3v) is 4.04. The number of aromatic nitrogens is 1. The number of pyridine rings is 1. The third-order valence-electron chi connectivity index (χ3n) is 3.82. The average molecular weight is 322 g/mol. The minimum Gasteiger partial charge on any atom is -0.398 e. The second kappa shape index (κ2) is 5.66. The van der Waals surface area contributed by atoms with Gasteiger partial charge in [-0.25, -0.2) is 8.78 Å². The number of hydrogen-bond acceptors (Lipinski definition) is 3. The molecule has 114 valence electrons. The Hall–Kier alpha value is -1.98. The van der Waals surface area contributed by atoms with Gasteiger partial charge in [-0.3, -0.25) is 9.88 Å². The minimum absolute atomic E-state index is 0.0302. The van der Waals surface area contributed by atoms with Gasteiger partial charge >= 0.3 is 0 Å². The van der Waals surface area contributed by atoms with E-state index in [1.54, 1.807) is 25.5 Å². The molecule has 1 aliphatic rings. The Kier molecular flexibility index (Phi) is 3.85. The maximum absolute atomic E-state index is 14.4. The van der Waals surface area contributed by atoms with Gasteiger partial charge in [0.05, 0.1) is 6.04 Å². The summed E-state index contributed by atoms with van der Waals surface area (Å²) < 4.78 is 28.8. The molecule has 0 radical (unpaired) electrons. The smallest absolute Gasteiger partial charge is 0.132 e. The van der Waals surface area contributed by atoms with Gasteiger partial charge in [0.15, 0.2) is 0 Å². The van der Waals surface area contributed by atoms with Gasteiger partial charge in [0.1, 0.15) is 11.6 Å². The van der Waals surface area contributed by atoms with E-state index >= 15 is 0 Å². The molecule has 2 aromatic rings. The van der Waals surface area contributed by atoms with Crippen LogP contribution < -0.4 is 5.73 Å². The summed E-state index contributed by atoms with van der Waals surface area (Å²) in [6.45, 7) is 0.465. The van der Waals surface area contributed by atoms with Crippen LogP contribution in [0, 0.1) is 11.6 Å². The van der Waals surface area contributed by atoms with Crippen molar-refractivity contribution in [2.45, 2.75) is 6.04 Å². The molecule has 0 bridgehead atoms. The first-order valence-electron chi connectivity index (χ1n) is 6.73. The van der Waals surface area contributed by atoms with Crippen molar-refractivity contribution in [1.29, 1.82) is 0 Å². The first-order valence-corrected chi connectivity index (χ1v) is 7.11. The molecular formula is C16H14ClF2N3. The summed E-state index contributed by atoms with van der Waals surface area (Å²) in [5.74, 6) is -1.35. The van der Waals surface area contributed by atoms with Crippen LogP contribution in [0.4, 0.5) is 8.78 Å². The highest BCUT2D eigenvalue weighted by Gasteiger charge is 2.30. The SMILES string of the molecule is CN1CC=C(N)c2cnccc2C1c1c(F)cc(Cl)cc1F. The molecule has 1 unspecified atom stereocenters. The topological polar surface area (TPSA) is 42.1 Å². The van der Waals surface area contributed by atoms with Crippen LogP contribution in [0.3, 0.4) is 0 Å². The van der Waals surface area contributed by atoms with Crippen LogP contribution in [0.25, 0.3) is 5.70 Å². The van der Waals surface area contributed by atoms with E-state index in [1.165, 1.54) is 0 Å². The van der Waals surface area contributed by atoms with Crippen molar-refractivity contribution in [2.75, 3.05) is 13.6 Å². The molecule has 1 atom stereocenters. The van der Waals surface area contributed by atoms with Crippen LogP contribution in [0.5, 0.6) is 0 Å². The number of nitrogens with zero attached hydrogens (tertiary/aromatic N) is 2. The average Bonchev–Trinajstić information content (AvgIpc) is 2.58. The molecule has 0 saturated carbocycles. The van der Waals surface area contributed by atoms with Crippen LogP contribution >= 0.6 is 11.6 Å². The molecule has 1 aromatic carbocycles. The lowest BCUT2D eigenvalue weighted by molar-refractivity contribution is 0.296. The number of benzene rings is 1. The molecule has 0 spiro atoms. The molecule has 2 heterocycles. The maximum Gasteiger partial charge on any atom is 0.132 e. The van der Waals surface area contributed by atoms with Gasteiger partial charge < -0.3 is 5.73 Å². The number of halogens is 3. The van der Waals surface area contributed by atoms with E-state index in [2.05, 4.69) is 4.98 Å². The van der Waals surface area contributed by atoms with E-state index in [4.69, 9.17) is 17.3 Å². The summed E-state index contributed by atoms with van der Waals surface area (Å²) in [4.78, 5) is 5.88. The van der Waals surface area contributed by atoms with Gasteiger partial charge in [-0.15, -0.1) is 0 Å². The van der Waals surface area contributed by atoms with E-state index in [0.29, 0.717) is 23.4 Å². The summed E-state index contributed by atoms with van der Waals surface area (Å²) in [7, 11) is 1.79. The minimum atomic E-state index is -0.676. The van der Waals surface area contributed by atoms with Gasteiger partial charge in [0.25, 0.3) is 0 Å². The zero-order valence-corrected chi connectivity index (χ0v) is 12.6. The Morgan fingerprint density at radius 3 is 2.68 bits per heavy atom. The highest BCUT2D eigenvalue weighted by atomic mass is 35.5. The van der Waals surface area contributed by atoms with Crippen molar-refractivity contribution in [3.05, 3.63) is 70.0 Å². The first-order chi connectivity index (χ1) is 10.5. The quantitative estimate of drug-likeness (QED) is 0.876. The lowest BCUT2D eigenvalue weighted by Gasteiger charge is -2.28. The molecular weight excluding hydrogens is 308 g/mol. The van der Waals surface area contributed by atoms with Crippen molar-refractivity contribution in [3.63, 3.8) is 0 Å². The standard InChI is InChI=1S/C16H14ClF2N3/c1-22-5-3-14(20)11-8-21-4-2-10(11)16(22)15-12(18)6-9(17)7-13(15)19/h2-4,6-8,16H,5,20H2,1H3. The molecule has 0 fully saturated rings. The summed E-state index contributed by atoms with van der Waals surface area (Å²) in [6, 6.07) is 3.37. The van der Waals surface area contributed by atoms with Crippen LogP contribution in [0.2, 0.25) is 5.02 Å². The van der Waals surface area contributed by atoms with Crippen molar-refractivity contribution >= 4 is 17.3 Å². The maximum atomic E-state index is 14.4.